The van der Waals surface area contributed by atoms with Crippen LogP contribution in [0.1, 0.15) is 22.8 Å². The van der Waals surface area contributed by atoms with Gasteiger partial charge in [-0.15, -0.1) is 0 Å². The summed E-state index contributed by atoms with van der Waals surface area (Å²) in [4.78, 5) is 12.4. The average molecular weight is 398 g/mol. The lowest BCUT2D eigenvalue weighted by molar-refractivity contribution is 0.102. The third-order valence-corrected chi connectivity index (χ3v) is 5.55. The van der Waals surface area contributed by atoms with Crippen LogP contribution < -0.4 is 10.0 Å². The van der Waals surface area contributed by atoms with E-state index in [-0.39, 0.29) is 16.5 Å². The summed E-state index contributed by atoms with van der Waals surface area (Å²) in [6, 6.07) is 18.2. The van der Waals surface area contributed by atoms with E-state index in [4.69, 9.17) is 0 Å². The van der Waals surface area contributed by atoms with Crippen molar-refractivity contribution in [3.63, 3.8) is 0 Å². The molecule has 0 aliphatic rings. The largest absolute Gasteiger partial charge is 0.322 e. The third-order valence-electron chi connectivity index (χ3n) is 4.15. The zero-order valence-corrected chi connectivity index (χ0v) is 16.0. The molecule has 0 aliphatic heterocycles. The first-order valence-electron chi connectivity index (χ1n) is 8.67. The Bertz CT molecular complexity index is 1100. The quantitative estimate of drug-likeness (QED) is 0.645. The van der Waals surface area contributed by atoms with Gasteiger partial charge in [-0.3, -0.25) is 9.52 Å². The number of carbonyl (C=O) groups is 1. The number of hydrogen-bond donors (Lipinski definition) is 2. The van der Waals surface area contributed by atoms with Gasteiger partial charge in [0.1, 0.15) is 5.82 Å². The van der Waals surface area contributed by atoms with Crippen molar-refractivity contribution in [3.8, 4) is 0 Å². The van der Waals surface area contributed by atoms with Crippen LogP contribution in [0.2, 0.25) is 0 Å². The SMILES string of the molecule is CCc1ccccc1NC(=O)c1ccc(S(=O)(=O)Nc2cccc(F)c2)cc1. The van der Waals surface area contributed by atoms with Gasteiger partial charge in [0.05, 0.1) is 10.6 Å². The number of benzene rings is 3. The van der Waals surface area contributed by atoms with Crippen LogP contribution in [0.15, 0.2) is 77.7 Å². The highest BCUT2D eigenvalue weighted by atomic mass is 32.2. The van der Waals surface area contributed by atoms with Crippen molar-refractivity contribution in [1.29, 1.82) is 0 Å². The molecule has 3 rings (SSSR count). The van der Waals surface area contributed by atoms with Crippen LogP contribution in [-0.2, 0) is 16.4 Å². The van der Waals surface area contributed by atoms with Crippen LogP contribution in [-0.4, -0.2) is 14.3 Å². The average Bonchev–Trinajstić information content (AvgIpc) is 2.68. The Hall–Kier alpha value is -3.19. The van der Waals surface area contributed by atoms with Gasteiger partial charge in [0.2, 0.25) is 0 Å². The zero-order valence-electron chi connectivity index (χ0n) is 15.1. The predicted octanol–water partition coefficient (Wildman–Crippen LogP) is 4.44. The van der Waals surface area contributed by atoms with E-state index in [2.05, 4.69) is 10.0 Å². The summed E-state index contributed by atoms with van der Waals surface area (Å²) >= 11 is 0. The van der Waals surface area contributed by atoms with Crippen molar-refractivity contribution >= 4 is 27.3 Å². The molecule has 0 aliphatic carbocycles. The number of sulfonamides is 1. The summed E-state index contributed by atoms with van der Waals surface area (Å²) in [6.45, 7) is 2.00. The minimum absolute atomic E-state index is 0.0257. The van der Waals surface area contributed by atoms with Gasteiger partial charge in [-0.2, -0.15) is 0 Å². The number of rotatable bonds is 6. The molecule has 3 aromatic rings. The Morgan fingerprint density at radius 1 is 0.964 bits per heavy atom. The number of aryl methyl sites for hydroxylation is 1. The topological polar surface area (TPSA) is 75.3 Å². The van der Waals surface area contributed by atoms with Gasteiger partial charge < -0.3 is 5.32 Å². The first-order chi connectivity index (χ1) is 13.4. The Morgan fingerprint density at radius 3 is 2.36 bits per heavy atom. The molecular weight excluding hydrogens is 379 g/mol. The molecule has 0 fully saturated rings. The maximum Gasteiger partial charge on any atom is 0.261 e. The first kappa shape index (κ1) is 19.6. The van der Waals surface area contributed by atoms with Gasteiger partial charge in [0.15, 0.2) is 0 Å². The predicted molar refractivity (Wildman–Crippen MR) is 107 cm³/mol. The molecule has 28 heavy (non-hydrogen) atoms. The number of amides is 1. The molecule has 1 amide bonds. The standard InChI is InChI=1S/C21H19FN2O3S/c1-2-15-6-3-4-9-20(15)23-21(25)16-10-12-19(13-11-16)28(26,27)24-18-8-5-7-17(22)14-18/h3-14,24H,2H2,1H3,(H,23,25). The Labute approximate surface area is 163 Å². The smallest absolute Gasteiger partial charge is 0.261 e. The highest BCUT2D eigenvalue weighted by Crippen LogP contribution is 2.19. The second kappa shape index (κ2) is 8.22. The van der Waals surface area contributed by atoms with Crippen LogP contribution in [0.3, 0.4) is 0 Å². The van der Waals surface area contributed by atoms with Crippen LogP contribution in [0.4, 0.5) is 15.8 Å². The molecule has 0 aromatic heterocycles. The molecule has 0 saturated heterocycles. The minimum atomic E-state index is -3.89. The molecule has 0 atom stereocenters. The molecular formula is C21H19FN2O3S. The van der Waals surface area contributed by atoms with Crippen molar-refractivity contribution < 1.29 is 17.6 Å². The van der Waals surface area contributed by atoms with Crippen molar-refractivity contribution in [2.75, 3.05) is 10.0 Å². The summed E-state index contributed by atoms with van der Waals surface area (Å²) in [7, 11) is -3.89. The van der Waals surface area contributed by atoms with Crippen LogP contribution in [0.25, 0.3) is 0 Å². The number of para-hydroxylation sites is 1. The molecule has 0 radical (unpaired) electrons. The normalized spacial score (nSPS) is 11.1. The number of carbonyl (C=O) groups excluding carboxylic acids is 1. The molecule has 0 saturated carbocycles. The molecule has 144 valence electrons. The molecule has 2 N–H and O–H groups in total. The fourth-order valence-electron chi connectivity index (χ4n) is 2.70. The molecule has 0 bridgehead atoms. The monoisotopic (exact) mass is 398 g/mol. The molecule has 3 aromatic carbocycles. The summed E-state index contributed by atoms with van der Waals surface area (Å²) in [5.74, 6) is -0.873. The van der Waals surface area contributed by atoms with E-state index >= 15 is 0 Å². The van der Waals surface area contributed by atoms with Crippen molar-refractivity contribution in [2.24, 2.45) is 0 Å². The summed E-state index contributed by atoms with van der Waals surface area (Å²) < 4.78 is 40.4. The van der Waals surface area contributed by atoms with E-state index in [1.807, 2.05) is 31.2 Å². The number of anilines is 2. The second-order valence-corrected chi connectivity index (χ2v) is 7.79. The molecule has 7 heteroatoms. The van der Waals surface area contributed by atoms with Crippen LogP contribution >= 0.6 is 0 Å². The van der Waals surface area contributed by atoms with E-state index in [1.54, 1.807) is 0 Å². The molecule has 0 unspecified atom stereocenters. The first-order valence-corrected chi connectivity index (χ1v) is 10.1. The van der Waals surface area contributed by atoms with Gasteiger partial charge >= 0.3 is 0 Å². The zero-order chi connectivity index (χ0) is 20.1. The van der Waals surface area contributed by atoms with Gasteiger partial charge in [-0.1, -0.05) is 31.2 Å². The van der Waals surface area contributed by atoms with Crippen molar-refractivity contribution in [2.45, 2.75) is 18.2 Å². The molecule has 5 nitrogen and oxygen atoms in total. The summed E-state index contributed by atoms with van der Waals surface area (Å²) in [5, 5.41) is 2.84. The van der Waals surface area contributed by atoms with Gasteiger partial charge in [-0.25, -0.2) is 12.8 Å². The van der Waals surface area contributed by atoms with Crippen LogP contribution in [0, 0.1) is 5.82 Å². The Kier molecular flexibility index (Phi) is 5.75. The van der Waals surface area contributed by atoms with Gasteiger partial charge in [0, 0.05) is 11.3 Å². The van der Waals surface area contributed by atoms with Crippen molar-refractivity contribution in [1.82, 2.24) is 0 Å². The lowest BCUT2D eigenvalue weighted by Crippen LogP contribution is -2.15. The molecule has 0 spiro atoms. The fraction of sp³-hybridized carbons (Fsp3) is 0.0952. The Morgan fingerprint density at radius 2 is 1.68 bits per heavy atom. The Balaban J connectivity index is 1.76. The van der Waals surface area contributed by atoms with E-state index in [9.17, 15) is 17.6 Å². The number of nitrogens with one attached hydrogen (secondary N) is 2. The second-order valence-electron chi connectivity index (χ2n) is 6.11. The van der Waals surface area contributed by atoms with E-state index in [0.29, 0.717) is 5.56 Å². The molecule has 0 heterocycles. The van der Waals surface area contributed by atoms with Gasteiger partial charge in [-0.05, 0) is 60.5 Å². The van der Waals surface area contributed by atoms with E-state index < -0.39 is 15.8 Å². The summed E-state index contributed by atoms with van der Waals surface area (Å²) in [6.07, 6.45) is 0.777. The lowest BCUT2D eigenvalue weighted by atomic mass is 10.1. The third kappa shape index (κ3) is 4.55. The minimum Gasteiger partial charge on any atom is -0.322 e. The highest BCUT2D eigenvalue weighted by Gasteiger charge is 2.16. The number of halogens is 1. The maximum atomic E-state index is 13.2. The maximum absolute atomic E-state index is 13.2. The van der Waals surface area contributed by atoms with Gasteiger partial charge in [0.25, 0.3) is 15.9 Å². The van der Waals surface area contributed by atoms with E-state index in [1.165, 1.54) is 42.5 Å². The van der Waals surface area contributed by atoms with E-state index in [0.717, 1.165) is 23.7 Å². The highest BCUT2D eigenvalue weighted by molar-refractivity contribution is 7.92. The lowest BCUT2D eigenvalue weighted by Gasteiger charge is -2.11. The van der Waals surface area contributed by atoms with Crippen molar-refractivity contribution in [3.05, 3.63) is 89.7 Å². The number of hydrogen-bond acceptors (Lipinski definition) is 3. The summed E-state index contributed by atoms with van der Waals surface area (Å²) in [5.41, 5.74) is 2.18. The van der Waals surface area contributed by atoms with Crippen LogP contribution in [0.5, 0.6) is 0 Å². The fourth-order valence-corrected chi connectivity index (χ4v) is 3.75.